The number of rotatable bonds is 7. The topological polar surface area (TPSA) is 97.9 Å². The molecule has 6 aromatic rings. The maximum Gasteiger partial charge on any atom is 0.271 e. The van der Waals surface area contributed by atoms with Gasteiger partial charge in [0, 0.05) is 39.9 Å². The fourth-order valence-electron chi connectivity index (χ4n) is 5.96. The quantitative estimate of drug-likeness (QED) is 0.212. The molecule has 0 aliphatic carbocycles. The van der Waals surface area contributed by atoms with Gasteiger partial charge in [-0.15, -0.1) is 0 Å². The highest BCUT2D eigenvalue weighted by molar-refractivity contribution is 7.07. The van der Waals surface area contributed by atoms with Gasteiger partial charge < -0.3 is 19.7 Å². The molecule has 0 bridgehead atoms. The van der Waals surface area contributed by atoms with Crippen molar-refractivity contribution in [3.05, 3.63) is 156 Å². The third-order valence-electron chi connectivity index (χ3n) is 8.19. The molecule has 3 heterocycles. The van der Waals surface area contributed by atoms with Crippen LogP contribution in [0, 0.1) is 0 Å². The van der Waals surface area contributed by atoms with Crippen LogP contribution in [0.15, 0.2) is 124 Å². The Hall–Kier alpha value is -5.38. The molecule has 2 N–H and O–H groups in total. The molecule has 0 fully saturated rings. The van der Waals surface area contributed by atoms with Crippen molar-refractivity contribution in [1.82, 2.24) is 9.13 Å². The lowest BCUT2D eigenvalue weighted by atomic mass is 9.94. The predicted octanol–water partition coefficient (Wildman–Crippen LogP) is 6.24. The minimum atomic E-state index is -0.821. The molecule has 0 spiro atoms. The average Bonchev–Trinajstić information content (AvgIpc) is 3.58. The number of hydrogen-bond donors (Lipinski definition) is 2. The molecule has 0 saturated carbocycles. The van der Waals surface area contributed by atoms with E-state index in [0.717, 1.165) is 22.0 Å². The lowest BCUT2D eigenvalue weighted by Crippen LogP contribution is -2.40. The fourth-order valence-corrected chi connectivity index (χ4v) is 7.12. The van der Waals surface area contributed by atoms with Gasteiger partial charge in [0.15, 0.2) is 16.3 Å². The number of allylic oxidation sites excluding steroid dienone is 1. The molecule has 8 nitrogen and oxygen atoms in total. The van der Waals surface area contributed by atoms with Gasteiger partial charge in [-0.25, -0.2) is 4.99 Å². The molecule has 0 unspecified atom stereocenters. The summed E-state index contributed by atoms with van der Waals surface area (Å²) >= 11 is 7.38. The maximum atomic E-state index is 14.3. The Morgan fingerprint density at radius 2 is 1.79 bits per heavy atom. The van der Waals surface area contributed by atoms with Gasteiger partial charge in [-0.1, -0.05) is 77.5 Å². The Bertz CT molecular complexity index is 2370. The molecule has 1 amide bonds. The largest absolute Gasteiger partial charge is 0.504 e. The number of carbonyl (C=O) groups excluding carboxylic acids is 1. The smallest absolute Gasteiger partial charge is 0.271 e. The van der Waals surface area contributed by atoms with Crippen molar-refractivity contribution in [1.29, 1.82) is 0 Å². The van der Waals surface area contributed by atoms with Crippen LogP contribution in [0.5, 0.6) is 11.5 Å². The van der Waals surface area contributed by atoms with Crippen molar-refractivity contribution in [2.24, 2.45) is 4.99 Å². The number of nitrogens with zero attached hydrogens (tertiary/aromatic N) is 3. The molecule has 0 radical (unpaired) electrons. The molecule has 2 aromatic heterocycles. The average molecular weight is 661 g/mol. The molecule has 7 rings (SSSR count). The number of ether oxygens (including phenoxy) is 1. The molecule has 234 valence electrons. The number of hydrogen-bond acceptors (Lipinski definition) is 6. The first-order valence-electron chi connectivity index (χ1n) is 14.9. The second-order valence-corrected chi connectivity index (χ2v) is 12.6. The number of methoxy groups -OCH3 is 1. The Kier molecular flexibility index (Phi) is 8.01. The van der Waals surface area contributed by atoms with Crippen molar-refractivity contribution in [2.45, 2.75) is 19.5 Å². The van der Waals surface area contributed by atoms with Gasteiger partial charge in [0.25, 0.3) is 11.5 Å². The Morgan fingerprint density at radius 1 is 1.04 bits per heavy atom. The van der Waals surface area contributed by atoms with Gasteiger partial charge in [-0.3, -0.25) is 14.2 Å². The molecule has 47 heavy (non-hydrogen) atoms. The number of halogens is 1. The number of fused-ring (bicyclic) bond motifs is 2. The summed E-state index contributed by atoms with van der Waals surface area (Å²) < 4.78 is 9.59. The summed E-state index contributed by atoms with van der Waals surface area (Å²) in [7, 11) is 1.46. The number of nitrogens with one attached hydrogen (secondary N) is 1. The number of thiazole rings is 1. The summed E-state index contributed by atoms with van der Waals surface area (Å²) in [6.45, 7) is 2.40. The van der Waals surface area contributed by atoms with E-state index in [0.29, 0.717) is 43.4 Å². The van der Waals surface area contributed by atoms with E-state index >= 15 is 0 Å². The molecule has 0 saturated heterocycles. The standard InChI is InChI=1S/C37H29ClN4O4S/c1-22-33(35(44)40-27-8-4-3-5-9-27)34(24-14-17-30(43)31(18-24)46-2)42-36(45)32(47-37(42)39-22)19-25-21-41(29-11-7-6-10-28(25)29)20-23-12-15-26(38)16-13-23/h3-19,21,34,43H,20H2,1-2H3,(H,40,44)/b32-19-/t34-/m1/s1. The van der Waals surface area contributed by atoms with Crippen LogP contribution in [0.3, 0.4) is 0 Å². The highest BCUT2D eigenvalue weighted by Crippen LogP contribution is 2.35. The summed E-state index contributed by atoms with van der Waals surface area (Å²) in [6.07, 6.45) is 3.94. The summed E-state index contributed by atoms with van der Waals surface area (Å²) in [5.74, 6) is -0.195. The molecule has 1 aliphatic heterocycles. The highest BCUT2D eigenvalue weighted by Gasteiger charge is 2.33. The van der Waals surface area contributed by atoms with Crippen LogP contribution in [0.4, 0.5) is 5.69 Å². The predicted molar refractivity (Wildman–Crippen MR) is 186 cm³/mol. The van der Waals surface area contributed by atoms with E-state index in [1.54, 1.807) is 35.8 Å². The number of anilines is 1. The van der Waals surface area contributed by atoms with Gasteiger partial charge >= 0.3 is 0 Å². The van der Waals surface area contributed by atoms with E-state index in [1.165, 1.54) is 24.5 Å². The minimum Gasteiger partial charge on any atom is -0.504 e. The zero-order valence-electron chi connectivity index (χ0n) is 25.5. The number of benzene rings is 4. The number of phenolic OH excluding ortho intramolecular Hbond substituents is 1. The first kappa shape index (κ1) is 30.3. The maximum absolute atomic E-state index is 14.3. The van der Waals surface area contributed by atoms with Gasteiger partial charge in [0.05, 0.1) is 29.0 Å². The zero-order chi connectivity index (χ0) is 32.7. The van der Waals surface area contributed by atoms with Crippen molar-refractivity contribution in [2.75, 3.05) is 12.4 Å². The van der Waals surface area contributed by atoms with Gasteiger partial charge in [-0.2, -0.15) is 0 Å². The highest BCUT2D eigenvalue weighted by atomic mass is 35.5. The van der Waals surface area contributed by atoms with Gasteiger partial charge in [-0.05, 0) is 66.6 Å². The Balaban J connectivity index is 1.37. The second-order valence-electron chi connectivity index (χ2n) is 11.2. The van der Waals surface area contributed by atoms with E-state index in [-0.39, 0.29) is 23.0 Å². The van der Waals surface area contributed by atoms with Gasteiger partial charge in [0.2, 0.25) is 0 Å². The first-order chi connectivity index (χ1) is 22.8. The third kappa shape index (κ3) is 5.75. The minimum absolute atomic E-state index is 0.0466. The van der Waals surface area contributed by atoms with Crippen LogP contribution < -0.4 is 24.9 Å². The second kappa shape index (κ2) is 12.4. The van der Waals surface area contributed by atoms with Crippen LogP contribution in [0.1, 0.15) is 29.7 Å². The van der Waals surface area contributed by atoms with E-state index in [2.05, 4.69) is 16.0 Å². The first-order valence-corrected chi connectivity index (χ1v) is 16.1. The number of amides is 1. The van der Waals surface area contributed by atoms with Crippen LogP contribution in [-0.2, 0) is 11.3 Å². The molecular weight excluding hydrogens is 632 g/mol. The monoisotopic (exact) mass is 660 g/mol. The number of para-hydroxylation sites is 2. The molecular formula is C37H29ClN4O4S. The normalized spacial score (nSPS) is 14.6. The molecule has 1 aliphatic rings. The Labute approximate surface area is 278 Å². The Morgan fingerprint density at radius 3 is 2.55 bits per heavy atom. The summed E-state index contributed by atoms with van der Waals surface area (Å²) in [6, 6.07) is 29.0. The number of carbonyl (C=O) groups is 1. The number of phenols is 1. The number of aromatic hydroxyl groups is 1. The lowest BCUT2D eigenvalue weighted by molar-refractivity contribution is -0.113. The van der Waals surface area contributed by atoms with Crippen LogP contribution in [-0.4, -0.2) is 27.3 Å². The fraction of sp³-hybridized carbons (Fsp3) is 0.108. The van der Waals surface area contributed by atoms with E-state index < -0.39 is 6.04 Å². The molecule has 10 heteroatoms. The van der Waals surface area contributed by atoms with Crippen LogP contribution >= 0.6 is 22.9 Å². The third-order valence-corrected chi connectivity index (χ3v) is 9.42. The summed E-state index contributed by atoms with van der Waals surface area (Å²) in [4.78, 5) is 33.5. The van der Waals surface area contributed by atoms with Crippen molar-refractivity contribution in [3.8, 4) is 11.5 Å². The molecule has 1 atom stereocenters. The SMILES string of the molecule is COc1cc([C@@H]2C(C(=O)Nc3ccccc3)=C(C)N=c3s/c(=C\c4cn(Cc5ccc(Cl)cc5)c5ccccc45)c(=O)n32)ccc1O. The van der Waals surface area contributed by atoms with E-state index in [4.69, 9.17) is 21.3 Å². The van der Waals surface area contributed by atoms with Gasteiger partial charge in [0.1, 0.15) is 0 Å². The summed E-state index contributed by atoms with van der Waals surface area (Å²) in [5, 5.41) is 15.0. The van der Waals surface area contributed by atoms with Crippen molar-refractivity contribution in [3.63, 3.8) is 0 Å². The van der Waals surface area contributed by atoms with Crippen LogP contribution in [0.25, 0.3) is 17.0 Å². The van der Waals surface area contributed by atoms with E-state index in [1.807, 2.05) is 72.9 Å². The molecule has 4 aromatic carbocycles. The van der Waals surface area contributed by atoms with Crippen LogP contribution in [0.2, 0.25) is 5.02 Å². The lowest BCUT2D eigenvalue weighted by Gasteiger charge is -2.25. The summed E-state index contributed by atoms with van der Waals surface area (Å²) in [5.41, 5.74) is 4.77. The van der Waals surface area contributed by atoms with E-state index in [9.17, 15) is 14.7 Å². The zero-order valence-corrected chi connectivity index (χ0v) is 27.0. The van der Waals surface area contributed by atoms with Crippen molar-refractivity contribution < 1.29 is 14.6 Å². The number of aromatic nitrogens is 2. The van der Waals surface area contributed by atoms with Crippen molar-refractivity contribution >= 4 is 51.5 Å².